The van der Waals surface area contributed by atoms with Crippen LogP contribution in [0.4, 0.5) is 8.78 Å². The Balaban J connectivity index is 2.08. The van der Waals surface area contributed by atoms with Crippen LogP contribution in [0.3, 0.4) is 0 Å². The van der Waals surface area contributed by atoms with Gasteiger partial charge in [-0.2, -0.15) is 4.98 Å². The van der Waals surface area contributed by atoms with E-state index in [0.29, 0.717) is 0 Å². The normalized spacial score (nSPS) is 20.4. The molecule has 0 aliphatic heterocycles. The van der Waals surface area contributed by atoms with Crippen molar-refractivity contribution in [2.24, 2.45) is 0 Å². The number of halogens is 2. The van der Waals surface area contributed by atoms with Crippen LogP contribution in [0.2, 0.25) is 0 Å². The molecule has 0 amide bonds. The first kappa shape index (κ1) is 9.04. The average molecular weight is 204 g/mol. The van der Waals surface area contributed by atoms with Gasteiger partial charge in [0.05, 0.1) is 0 Å². The number of carbonyl (C=O) groups is 1. The SMILES string of the molecule is O=C(O)c1noc(C2CC(F)(F)C2)n1. The second-order valence-electron chi connectivity index (χ2n) is 3.22. The highest BCUT2D eigenvalue weighted by Crippen LogP contribution is 2.47. The maximum absolute atomic E-state index is 12.4. The highest BCUT2D eigenvalue weighted by Gasteiger charge is 2.48. The molecule has 0 spiro atoms. The Kier molecular flexibility index (Phi) is 1.76. The molecule has 1 fully saturated rings. The van der Waals surface area contributed by atoms with Crippen molar-refractivity contribution in [3.63, 3.8) is 0 Å². The van der Waals surface area contributed by atoms with Crippen molar-refractivity contribution in [3.05, 3.63) is 11.7 Å². The van der Waals surface area contributed by atoms with Crippen LogP contribution in [0.25, 0.3) is 0 Å². The zero-order valence-corrected chi connectivity index (χ0v) is 6.91. The summed E-state index contributed by atoms with van der Waals surface area (Å²) >= 11 is 0. The van der Waals surface area contributed by atoms with Crippen molar-refractivity contribution >= 4 is 5.97 Å². The first-order chi connectivity index (χ1) is 6.48. The minimum absolute atomic E-state index is 0.0201. The summed E-state index contributed by atoms with van der Waals surface area (Å²) in [5, 5.41) is 11.6. The largest absolute Gasteiger partial charge is 0.475 e. The molecule has 1 aliphatic rings. The molecule has 1 aromatic heterocycles. The monoisotopic (exact) mass is 204 g/mol. The Morgan fingerprint density at radius 1 is 1.57 bits per heavy atom. The molecule has 1 saturated carbocycles. The maximum Gasteiger partial charge on any atom is 0.377 e. The topological polar surface area (TPSA) is 76.2 Å². The summed E-state index contributed by atoms with van der Waals surface area (Å²) in [6.07, 6.45) is -0.706. The summed E-state index contributed by atoms with van der Waals surface area (Å²) in [4.78, 5) is 13.8. The molecule has 7 heteroatoms. The van der Waals surface area contributed by atoms with Gasteiger partial charge in [-0.1, -0.05) is 0 Å². The molecule has 0 aromatic carbocycles. The van der Waals surface area contributed by atoms with Crippen LogP contribution in [0.5, 0.6) is 0 Å². The van der Waals surface area contributed by atoms with Crippen molar-refractivity contribution < 1.29 is 23.2 Å². The van der Waals surface area contributed by atoms with Gasteiger partial charge in [0.2, 0.25) is 11.8 Å². The first-order valence-corrected chi connectivity index (χ1v) is 3.93. The molecule has 0 bridgehead atoms. The van der Waals surface area contributed by atoms with E-state index in [1.165, 1.54) is 0 Å². The van der Waals surface area contributed by atoms with E-state index in [0.717, 1.165) is 0 Å². The van der Waals surface area contributed by atoms with Crippen LogP contribution in [0.15, 0.2) is 4.52 Å². The number of aromatic nitrogens is 2. The fraction of sp³-hybridized carbons (Fsp3) is 0.571. The third kappa shape index (κ3) is 1.45. The second-order valence-corrected chi connectivity index (χ2v) is 3.22. The van der Waals surface area contributed by atoms with Gasteiger partial charge in [0, 0.05) is 18.8 Å². The van der Waals surface area contributed by atoms with Crippen molar-refractivity contribution in [2.75, 3.05) is 0 Å². The average Bonchev–Trinajstić information content (AvgIpc) is 2.47. The van der Waals surface area contributed by atoms with E-state index in [9.17, 15) is 13.6 Å². The van der Waals surface area contributed by atoms with Crippen molar-refractivity contribution in [2.45, 2.75) is 24.7 Å². The summed E-state index contributed by atoms with van der Waals surface area (Å²) < 4.78 is 29.4. The van der Waals surface area contributed by atoms with Crippen molar-refractivity contribution in [1.82, 2.24) is 10.1 Å². The number of rotatable bonds is 2. The molecular formula is C7H6F2N2O3. The lowest BCUT2D eigenvalue weighted by Gasteiger charge is -2.31. The van der Waals surface area contributed by atoms with E-state index < -0.39 is 23.6 Å². The Morgan fingerprint density at radius 3 is 2.64 bits per heavy atom. The third-order valence-corrected chi connectivity index (χ3v) is 2.07. The van der Waals surface area contributed by atoms with E-state index in [2.05, 4.69) is 14.7 Å². The van der Waals surface area contributed by atoms with Gasteiger partial charge in [-0.15, -0.1) is 0 Å². The lowest BCUT2D eigenvalue weighted by molar-refractivity contribution is -0.0925. The number of hydrogen-bond acceptors (Lipinski definition) is 4. The summed E-state index contributed by atoms with van der Waals surface area (Å²) in [6.45, 7) is 0. The van der Waals surface area contributed by atoms with Gasteiger partial charge >= 0.3 is 5.97 Å². The zero-order chi connectivity index (χ0) is 10.3. The van der Waals surface area contributed by atoms with E-state index >= 15 is 0 Å². The molecule has 2 rings (SSSR count). The van der Waals surface area contributed by atoms with Crippen LogP contribution < -0.4 is 0 Å². The summed E-state index contributed by atoms with van der Waals surface area (Å²) in [5.41, 5.74) is 0. The quantitative estimate of drug-likeness (QED) is 0.785. The third-order valence-electron chi connectivity index (χ3n) is 2.07. The molecule has 5 nitrogen and oxygen atoms in total. The molecule has 0 saturated heterocycles. The van der Waals surface area contributed by atoms with E-state index in [-0.39, 0.29) is 18.7 Å². The Bertz CT molecular complexity index is 369. The number of carboxylic acids is 1. The highest BCUT2D eigenvalue weighted by molar-refractivity contribution is 5.82. The molecular weight excluding hydrogens is 198 g/mol. The number of aromatic carboxylic acids is 1. The Hall–Kier alpha value is -1.53. The van der Waals surface area contributed by atoms with E-state index in [1.54, 1.807) is 0 Å². The van der Waals surface area contributed by atoms with Crippen molar-refractivity contribution in [3.8, 4) is 0 Å². The Labute approximate surface area is 76.7 Å². The van der Waals surface area contributed by atoms with Gasteiger partial charge in [-0.3, -0.25) is 0 Å². The molecule has 1 heterocycles. The van der Waals surface area contributed by atoms with Gasteiger partial charge in [0.25, 0.3) is 5.82 Å². The van der Waals surface area contributed by atoms with Crippen LogP contribution in [-0.4, -0.2) is 27.1 Å². The fourth-order valence-electron chi connectivity index (χ4n) is 1.32. The smallest absolute Gasteiger partial charge is 0.377 e. The zero-order valence-electron chi connectivity index (χ0n) is 6.91. The molecule has 0 atom stereocenters. The fourth-order valence-corrected chi connectivity index (χ4v) is 1.32. The molecule has 1 aromatic rings. The van der Waals surface area contributed by atoms with Crippen LogP contribution in [-0.2, 0) is 0 Å². The number of carboxylic acid groups (broad SMARTS) is 1. The van der Waals surface area contributed by atoms with Crippen LogP contribution >= 0.6 is 0 Å². The molecule has 0 unspecified atom stereocenters. The minimum Gasteiger partial charge on any atom is -0.475 e. The van der Waals surface area contributed by atoms with Crippen LogP contribution in [0, 0.1) is 0 Å². The molecule has 1 aliphatic carbocycles. The second kappa shape index (κ2) is 2.73. The lowest BCUT2D eigenvalue weighted by Crippen LogP contribution is -2.33. The Morgan fingerprint density at radius 2 is 2.21 bits per heavy atom. The first-order valence-electron chi connectivity index (χ1n) is 3.93. The molecule has 76 valence electrons. The van der Waals surface area contributed by atoms with Gasteiger partial charge in [-0.05, 0) is 5.16 Å². The minimum atomic E-state index is -2.68. The number of hydrogen-bond donors (Lipinski definition) is 1. The predicted octanol–water partition coefficient (Wildman–Crippen LogP) is 1.28. The summed E-state index contributed by atoms with van der Waals surface area (Å²) in [6, 6.07) is 0. The number of alkyl halides is 2. The van der Waals surface area contributed by atoms with Gasteiger partial charge in [0.1, 0.15) is 0 Å². The van der Waals surface area contributed by atoms with Gasteiger partial charge < -0.3 is 9.63 Å². The molecule has 14 heavy (non-hydrogen) atoms. The standard InChI is InChI=1S/C7H6F2N2O3/c8-7(9)1-3(2-7)5-10-4(6(12)13)11-14-5/h3H,1-2H2,(H,12,13). The van der Waals surface area contributed by atoms with E-state index in [4.69, 9.17) is 5.11 Å². The summed E-state index contributed by atoms with van der Waals surface area (Å²) in [7, 11) is 0. The molecule has 0 radical (unpaired) electrons. The molecule has 1 N–H and O–H groups in total. The van der Waals surface area contributed by atoms with E-state index in [1.807, 2.05) is 0 Å². The van der Waals surface area contributed by atoms with Gasteiger partial charge in [0.15, 0.2) is 0 Å². The maximum atomic E-state index is 12.4. The lowest BCUT2D eigenvalue weighted by atomic mass is 9.81. The highest BCUT2D eigenvalue weighted by atomic mass is 19.3. The van der Waals surface area contributed by atoms with Crippen molar-refractivity contribution in [1.29, 1.82) is 0 Å². The predicted molar refractivity (Wildman–Crippen MR) is 38.2 cm³/mol. The van der Waals surface area contributed by atoms with Gasteiger partial charge in [-0.25, -0.2) is 13.6 Å². The van der Waals surface area contributed by atoms with Crippen LogP contribution in [0.1, 0.15) is 35.3 Å². The summed E-state index contributed by atoms with van der Waals surface area (Å²) in [5.74, 6) is -5.03. The number of nitrogens with zero attached hydrogens (tertiary/aromatic N) is 2.